The molecule has 0 atom stereocenters. The van der Waals surface area contributed by atoms with Gasteiger partial charge >= 0.3 is 0 Å². The molecule has 0 bridgehead atoms. The second-order valence-corrected chi connectivity index (χ2v) is 3.59. The van der Waals surface area contributed by atoms with E-state index in [0.717, 1.165) is 5.56 Å². The first-order valence-corrected chi connectivity index (χ1v) is 4.82. The molecule has 0 spiro atoms. The van der Waals surface area contributed by atoms with Crippen LogP contribution in [0.25, 0.3) is 0 Å². The Labute approximate surface area is 78.1 Å². The summed E-state index contributed by atoms with van der Waals surface area (Å²) < 4.78 is 34.2. The minimum absolute atomic E-state index is 0.215. The van der Waals surface area contributed by atoms with Crippen molar-refractivity contribution < 1.29 is 28.5 Å². The van der Waals surface area contributed by atoms with E-state index in [0.29, 0.717) is 5.56 Å². The molecule has 72 valence electrons. The van der Waals surface area contributed by atoms with Crippen LogP contribution in [0.5, 0.6) is 0 Å². The van der Waals surface area contributed by atoms with Gasteiger partial charge in [-0.3, -0.25) is 0 Å². The van der Waals surface area contributed by atoms with Crippen molar-refractivity contribution in [2.75, 3.05) is 0 Å². The second-order valence-electron chi connectivity index (χ2n) is 2.62. The van der Waals surface area contributed by atoms with Gasteiger partial charge in [-0.25, -0.2) is 0 Å². The molecule has 0 amide bonds. The van der Waals surface area contributed by atoms with Crippen molar-refractivity contribution in [1.82, 2.24) is 0 Å². The number of benzene rings is 1. The van der Waals surface area contributed by atoms with E-state index < -0.39 is 10.2 Å². The first-order valence-electron chi connectivity index (χ1n) is 3.58. The van der Waals surface area contributed by atoms with Crippen LogP contribution < -0.4 is 14.0 Å². The number of halogens is 1. The molecule has 0 aliphatic rings. The van der Waals surface area contributed by atoms with Gasteiger partial charge in [-0.05, 0) is 12.5 Å². The van der Waals surface area contributed by atoms with Crippen LogP contribution in [0.3, 0.4) is 0 Å². The molecule has 1 aromatic carbocycles. The molecule has 0 saturated carbocycles. The minimum atomic E-state index is -4.32. The zero-order valence-corrected chi connectivity index (χ0v) is 7.78. The summed E-state index contributed by atoms with van der Waals surface area (Å²) >= 11 is 0. The number of hydrogen-bond donors (Lipinski definition) is 0. The third kappa shape index (κ3) is 4.21. The lowest BCUT2D eigenvalue weighted by Gasteiger charge is -2.12. The molecule has 13 heavy (non-hydrogen) atoms. The van der Waals surface area contributed by atoms with Crippen LogP contribution >= 0.6 is 0 Å². The van der Waals surface area contributed by atoms with Gasteiger partial charge in [-0.2, -0.15) is 14.0 Å². The summed E-state index contributed by atoms with van der Waals surface area (Å²) in [4.78, 5) is 0. The maximum Gasteiger partial charge on any atom is 0.228 e. The summed E-state index contributed by atoms with van der Waals surface area (Å²) in [6.45, 7) is 1.70. The fraction of sp³-hybridized carbons (Fsp3) is 0.250. The molecule has 5 heteroatoms. The molecule has 0 fully saturated rings. The zero-order valence-electron chi connectivity index (χ0n) is 7.03. The average Bonchev–Trinajstić information content (AvgIpc) is 2.02. The van der Waals surface area contributed by atoms with Gasteiger partial charge in [-0.1, -0.05) is 29.8 Å². The average molecular weight is 205 g/mol. The summed E-state index contributed by atoms with van der Waals surface area (Å²) in [6, 6.07) is 7.03. The van der Waals surface area contributed by atoms with Gasteiger partial charge in [-0.15, -0.1) is 0 Å². The van der Waals surface area contributed by atoms with E-state index in [1.165, 1.54) is 0 Å². The van der Waals surface area contributed by atoms with Crippen molar-refractivity contribution in [2.24, 2.45) is 0 Å². The van der Waals surface area contributed by atoms with Gasteiger partial charge in [0, 0.05) is 0 Å². The van der Waals surface area contributed by atoms with E-state index >= 15 is 0 Å². The zero-order chi connectivity index (χ0) is 9.90. The Morgan fingerprint density at radius 3 is 2.15 bits per heavy atom. The fourth-order valence-corrected chi connectivity index (χ4v) is 1.07. The van der Waals surface area contributed by atoms with Gasteiger partial charge in [0.2, 0.25) is 6.61 Å². The van der Waals surface area contributed by atoms with Crippen molar-refractivity contribution in [2.45, 2.75) is 13.5 Å². The van der Waals surface area contributed by atoms with E-state index in [9.17, 15) is 14.0 Å². The van der Waals surface area contributed by atoms with E-state index in [-0.39, 0.29) is 6.61 Å². The van der Waals surface area contributed by atoms with Crippen LogP contribution in [0.2, 0.25) is 0 Å². The molecule has 0 unspecified atom stereocenters. The summed E-state index contributed by atoms with van der Waals surface area (Å²) in [7, 11) is -4.32. The van der Waals surface area contributed by atoms with Crippen LogP contribution in [0.15, 0.2) is 24.3 Å². The smallest absolute Gasteiger partial charge is 0.183 e. The van der Waals surface area contributed by atoms with Gasteiger partial charge in [0.15, 0.2) is 0 Å². The first-order chi connectivity index (χ1) is 5.97. The maximum absolute atomic E-state index is 10.1. The Balaban J connectivity index is 2.51. The third-order valence-corrected chi connectivity index (χ3v) is 1.85. The highest BCUT2D eigenvalue weighted by Gasteiger charge is 2.16. The molecular weight excluding hydrogens is 196 g/mol. The van der Waals surface area contributed by atoms with Crippen LogP contribution in [-0.2, 0) is 10.9 Å². The van der Waals surface area contributed by atoms with Gasteiger partial charge < -0.3 is 0 Å². The topological polar surface area (TPSA) is 78.4 Å². The summed E-state index contributed by atoms with van der Waals surface area (Å²) in [5.74, 6) is 0. The predicted octanol–water partition coefficient (Wildman–Crippen LogP) is -1.59. The normalized spacial score (nSPS) is 11.7. The standard InChI is InChI=1S/C8H9ClO4/c1-7-2-4-8(5-3-7)6-13-9(10,11)12/h2-5H,6H2,1H3. The largest absolute Gasteiger partial charge is 0.228 e. The van der Waals surface area contributed by atoms with Gasteiger partial charge in [0.05, 0.1) is 14.5 Å². The Bertz CT molecular complexity index is 264. The highest BCUT2D eigenvalue weighted by Crippen LogP contribution is 2.06. The second kappa shape index (κ2) is 4.04. The molecule has 0 heterocycles. The predicted molar refractivity (Wildman–Crippen MR) is 36.0 cm³/mol. The Morgan fingerprint density at radius 1 is 1.15 bits per heavy atom. The van der Waals surface area contributed by atoms with Crippen LogP contribution in [-0.4, -0.2) is 0 Å². The molecule has 0 saturated heterocycles. The molecule has 0 aliphatic heterocycles. The third-order valence-electron chi connectivity index (χ3n) is 1.48. The minimum Gasteiger partial charge on any atom is -0.183 e. The number of aryl methyl sites for hydroxylation is 1. The van der Waals surface area contributed by atoms with E-state index in [4.69, 9.17) is 0 Å². The molecule has 0 aliphatic carbocycles. The Morgan fingerprint density at radius 2 is 1.69 bits per heavy atom. The van der Waals surface area contributed by atoms with Gasteiger partial charge in [0.25, 0.3) is 0 Å². The summed E-state index contributed by atoms with van der Waals surface area (Å²) in [5, 5.41) is 0. The first kappa shape index (κ1) is 10.4. The monoisotopic (exact) mass is 204 g/mol. The highest BCUT2D eigenvalue weighted by atomic mass is 35.7. The van der Waals surface area contributed by atoms with Crippen LogP contribution in [0.1, 0.15) is 11.1 Å². The van der Waals surface area contributed by atoms with Crippen molar-refractivity contribution in [1.29, 1.82) is 0 Å². The summed E-state index contributed by atoms with van der Waals surface area (Å²) in [5.41, 5.74) is 1.71. The maximum atomic E-state index is 10.1. The lowest BCUT2D eigenvalue weighted by molar-refractivity contribution is -1.92. The van der Waals surface area contributed by atoms with Crippen molar-refractivity contribution in [3.63, 3.8) is 0 Å². The fourth-order valence-electron chi connectivity index (χ4n) is 0.814. The lowest BCUT2D eigenvalue weighted by atomic mass is 10.2. The SMILES string of the molecule is Cc1ccc(CO[Cl+3]([O-])([O-])[O-])cc1. The molecule has 1 aromatic rings. The molecule has 4 nitrogen and oxygen atoms in total. The van der Waals surface area contributed by atoms with Crippen LogP contribution in [0, 0.1) is 17.2 Å². The molecule has 1 rings (SSSR count). The number of rotatable bonds is 3. The van der Waals surface area contributed by atoms with E-state index in [1.54, 1.807) is 12.1 Å². The number of hydrogen-bond acceptors (Lipinski definition) is 4. The van der Waals surface area contributed by atoms with Crippen molar-refractivity contribution in [3.8, 4) is 0 Å². The van der Waals surface area contributed by atoms with Crippen LogP contribution in [0.4, 0.5) is 0 Å². The van der Waals surface area contributed by atoms with E-state index in [2.05, 4.69) is 4.29 Å². The quantitative estimate of drug-likeness (QED) is 0.595. The highest BCUT2D eigenvalue weighted by molar-refractivity contribution is 5.20. The van der Waals surface area contributed by atoms with E-state index in [1.807, 2.05) is 19.1 Å². The molecular formula is C8H9ClO4. The van der Waals surface area contributed by atoms with Crippen molar-refractivity contribution in [3.05, 3.63) is 35.4 Å². The Kier molecular flexibility index (Phi) is 3.24. The molecule has 0 N–H and O–H groups in total. The van der Waals surface area contributed by atoms with Gasteiger partial charge in [0.1, 0.15) is 0 Å². The Hall–Kier alpha value is -0.650. The molecule has 0 aromatic heterocycles. The lowest BCUT2D eigenvalue weighted by Crippen LogP contribution is -2.60. The summed E-state index contributed by atoms with van der Waals surface area (Å²) in [6.07, 6.45) is 0. The molecule has 0 radical (unpaired) electrons. The van der Waals surface area contributed by atoms with Crippen molar-refractivity contribution >= 4 is 0 Å².